The molecule has 1 aromatic carbocycles. The van der Waals surface area contributed by atoms with Crippen molar-refractivity contribution >= 4 is 11.8 Å². The Hall–Kier alpha value is -2.95. The zero-order valence-electron chi connectivity index (χ0n) is 13.0. The fourth-order valence-electron chi connectivity index (χ4n) is 2.27. The van der Waals surface area contributed by atoms with Gasteiger partial charge in [0.25, 0.3) is 0 Å². The van der Waals surface area contributed by atoms with Gasteiger partial charge in [0.1, 0.15) is 5.82 Å². The summed E-state index contributed by atoms with van der Waals surface area (Å²) < 4.78 is 0. The number of hydrogen-bond donors (Lipinski definition) is 2. The van der Waals surface area contributed by atoms with Crippen LogP contribution in [0.3, 0.4) is 0 Å². The highest BCUT2D eigenvalue weighted by Crippen LogP contribution is 2.21. The van der Waals surface area contributed by atoms with E-state index in [4.69, 9.17) is 0 Å². The third-order valence-corrected chi connectivity index (χ3v) is 3.43. The highest BCUT2D eigenvalue weighted by molar-refractivity contribution is 5.64. The maximum absolute atomic E-state index is 4.51. The molecule has 5 heteroatoms. The first kappa shape index (κ1) is 15.0. The van der Waals surface area contributed by atoms with E-state index in [0.717, 1.165) is 35.7 Å². The van der Waals surface area contributed by atoms with Gasteiger partial charge in [-0.15, -0.1) is 0 Å². The number of rotatable bonds is 6. The first-order chi connectivity index (χ1) is 11.3. The molecular weight excluding hydrogens is 286 g/mol. The second-order valence-corrected chi connectivity index (χ2v) is 5.08. The van der Waals surface area contributed by atoms with Crippen molar-refractivity contribution in [3.63, 3.8) is 0 Å². The van der Waals surface area contributed by atoms with Crippen LogP contribution in [0.5, 0.6) is 0 Å². The van der Waals surface area contributed by atoms with Gasteiger partial charge < -0.3 is 10.6 Å². The SMILES string of the molecule is CNc1nc(NCCc2ccccn2)cc(-c2ccccc2)n1. The van der Waals surface area contributed by atoms with Crippen molar-refractivity contribution < 1.29 is 0 Å². The third kappa shape index (κ3) is 4.03. The largest absolute Gasteiger partial charge is 0.369 e. The summed E-state index contributed by atoms with van der Waals surface area (Å²) in [6, 6.07) is 18.0. The molecule has 0 saturated carbocycles. The van der Waals surface area contributed by atoms with Gasteiger partial charge in [0.15, 0.2) is 0 Å². The van der Waals surface area contributed by atoms with E-state index in [0.29, 0.717) is 5.95 Å². The quantitative estimate of drug-likeness (QED) is 0.732. The van der Waals surface area contributed by atoms with Gasteiger partial charge in [0.05, 0.1) is 5.69 Å². The second kappa shape index (κ2) is 7.35. The molecule has 3 aromatic rings. The molecule has 5 nitrogen and oxygen atoms in total. The lowest BCUT2D eigenvalue weighted by molar-refractivity contribution is 0.951. The van der Waals surface area contributed by atoms with Crippen molar-refractivity contribution in [3.8, 4) is 11.3 Å². The molecular formula is C18H19N5. The first-order valence-electron chi connectivity index (χ1n) is 7.61. The molecule has 0 aliphatic carbocycles. The molecule has 3 rings (SSSR count). The van der Waals surface area contributed by atoms with Crippen LogP contribution < -0.4 is 10.6 Å². The standard InChI is InChI=1S/C18H19N5/c1-19-18-22-16(14-7-3-2-4-8-14)13-17(23-18)21-12-10-15-9-5-6-11-20-15/h2-9,11,13H,10,12H2,1H3,(H2,19,21,22,23). The molecule has 0 atom stereocenters. The lowest BCUT2D eigenvalue weighted by atomic mass is 10.1. The number of hydrogen-bond acceptors (Lipinski definition) is 5. The van der Waals surface area contributed by atoms with Crippen LogP contribution in [-0.2, 0) is 6.42 Å². The van der Waals surface area contributed by atoms with E-state index in [-0.39, 0.29) is 0 Å². The number of aromatic nitrogens is 3. The fraction of sp³-hybridized carbons (Fsp3) is 0.167. The van der Waals surface area contributed by atoms with E-state index in [1.54, 1.807) is 0 Å². The van der Waals surface area contributed by atoms with Crippen LogP contribution >= 0.6 is 0 Å². The van der Waals surface area contributed by atoms with E-state index in [2.05, 4.69) is 25.6 Å². The number of nitrogens with one attached hydrogen (secondary N) is 2. The van der Waals surface area contributed by atoms with Gasteiger partial charge >= 0.3 is 0 Å². The molecule has 0 bridgehead atoms. The zero-order chi connectivity index (χ0) is 15.9. The predicted molar refractivity (Wildman–Crippen MR) is 93.4 cm³/mol. The predicted octanol–water partition coefficient (Wildman–Crippen LogP) is 3.23. The average molecular weight is 305 g/mol. The van der Waals surface area contributed by atoms with Crippen LogP contribution in [0, 0.1) is 0 Å². The van der Waals surface area contributed by atoms with Gasteiger partial charge in [-0.3, -0.25) is 4.98 Å². The summed E-state index contributed by atoms with van der Waals surface area (Å²) in [6.45, 7) is 0.769. The number of anilines is 2. The Morgan fingerprint density at radius 2 is 1.78 bits per heavy atom. The molecule has 0 spiro atoms. The number of benzene rings is 1. The summed E-state index contributed by atoms with van der Waals surface area (Å²) in [5.74, 6) is 1.41. The topological polar surface area (TPSA) is 62.7 Å². The maximum Gasteiger partial charge on any atom is 0.224 e. The molecule has 0 aliphatic heterocycles. The molecule has 0 aliphatic rings. The second-order valence-electron chi connectivity index (χ2n) is 5.08. The molecule has 116 valence electrons. The average Bonchev–Trinajstić information content (AvgIpc) is 2.63. The maximum atomic E-state index is 4.51. The Kier molecular flexibility index (Phi) is 4.79. The smallest absolute Gasteiger partial charge is 0.224 e. The van der Waals surface area contributed by atoms with Crippen molar-refractivity contribution in [2.75, 3.05) is 24.2 Å². The summed E-state index contributed by atoms with van der Waals surface area (Å²) in [6.07, 6.45) is 2.66. The molecule has 2 N–H and O–H groups in total. The van der Waals surface area contributed by atoms with E-state index >= 15 is 0 Å². The highest BCUT2D eigenvalue weighted by atomic mass is 15.1. The first-order valence-corrected chi connectivity index (χ1v) is 7.61. The summed E-state index contributed by atoms with van der Waals surface area (Å²) in [4.78, 5) is 13.3. The molecule has 0 unspecified atom stereocenters. The minimum absolute atomic E-state index is 0.603. The molecule has 0 fully saturated rings. The van der Waals surface area contributed by atoms with Crippen molar-refractivity contribution in [2.45, 2.75) is 6.42 Å². The van der Waals surface area contributed by atoms with E-state index in [9.17, 15) is 0 Å². The van der Waals surface area contributed by atoms with Crippen molar-refractivity contribution in [1.82, 2.24) is 15.0 Å². The van der Waals surface area contributed by atoms with Gasteiger partial charge in [-0.05, 0) is 12.1 Å². The van der Waals surface area contributed by atoms with E-state index in [1.165, 1.54) is 0 Å². The van der Waals surface area contributed by atoms with Gasteiger partial charge in [-0.25, -0.2) is 4.98 Å². The van der Waals surface area contributed by atoms with Gasteiger partial charge in [-0.2, -0.15) is 4.98 Å². The summed E-state index contributed by atoms with van der Waals surface area (Å²) in [7, 11) is 1.82. The Balaban J connectivity index is 1.74. The van der Waals surface area contributed by atoms with Gasteiger partial charge in [0, 0.05) is 43.5 Å². The Labute approximate surface area is 135 Å². The minimum Gasteiger partial charge on any atom is -0.369 e. The Morgan fingerprint density at radius 3 is 2.52 bits per heavy atom. The molecule has 2 aromatic heterocycles. The number of pyridine rings is 1. The molecule has 23 heavy (non-hydrogen) atoms. The lowest BCUT2D eigenvalue weighted by Crippen LogP contribution is -2.09. The van der Waals surface area contributed by atoms with Crippen LogP contribution in [0.2, 0.25) is 0 Å². The number of nitrogens with zero attached hydrogens (tertiary/aromatic N) is 3. The normalized spacial score (nSPS) is 10.3. The van der Waals surface area contributed by atoms with Crippen LogP contribution in [0.1, 0.15) is 5.69 Å². The van der Waals surface area contributed by atoms with E-state index < -0.39 is 0 Å². The molecule has 0 saturated heterocycles. The van der Waals surface area contributed by atoms with E-state index in [1.807, 2.05) is 67.8 Å². The Morgan fingerprint density at radius 1 is 0.957 bits per heavy atom. The molecule has 0 radical (unpaired) electrons. The summed E-state index contributed by atoms with van der Waals surface area (Å²) in [5, 5.41) is 6.36. The summed E-state index contributed by atoms with van der Waals surface area (Å²) in [5.41, 5.74) is 3.02. The molecule has 2 heterocycles. The monoisotopic (exact) mass is 305 g/mol. The van der Waals surface area contributed by atoms with Gasteiger partial charge in [0.2, 0.25) is 5.95 Å². The van der Waals surface area contributed by atoms with Crippen molar-refractivity contribution in [3.05, 3.63) is 66.5 Å². The zero-order valence-corrected chi connectivity index (χ0v) is 13.0. The summed E-state index contributed by atoms with van der Waals surface area (Å²) >= 11 is 0. The van der Waals surface area contributed by atoms with Crippen LogP contribution in [-0.4, -0.2) is 28.5 Å². The highest BCUT2D eigenvalue weighted by Gasteiger charge is 2.05. The minimum atomic E-state index is 0.603. The molecule has 0 amide bonds. The van der Waals surface area contributed by atoms with Crippen LogP contribution in [0.4, 0.5) is 11.8 Å². The lowest BCUT2D eigenvalue weighted by Gasteiger charge is -2.10. The van der Waals surface area contributed by atoms with Crippen molar-refractivity contribution in [2.24, 2.45) is 0 Å². The van der Waals surface area contributed by atoms with Crippen LogP contribution in [0.15, 0.2) is 60.8 Å². The van der Waals surface area contributed by atoms with Gasteiger partial charge in [-0.1, -0.05) is 36.4 Å². The van der Waals surface area contributed by atoms with Crippen molar-refractivity contribution in [1.29, 1.82) is 0 Å². The van der Waals surface area contributed by atoms with Crippen LogP contribution in [0.25, 0.3) is 11.3 Å². The third-order valence-electron chi connectivity index (χ3n) is 3.43. The Bertz CT molecular complexity index is 744. The fourth-order valence-corrected chi connectivity index (χ4v) is 2.27.